The molecule has 1 atom stereocenters. The van der Waals surface area contributed by atoms with Gasteiger partial charge in [-0.15, -0.1) is 0 Å². The Morgan fingerprint density at radius 1 is 1.07 bits per heavy atom. The van der Waals surface area contributed by atoms with Crippen molar-refractivity contribution in [2.24, 2.45) is 5.73 Å². The zero-order chi connectivity index (χ0) is 21.0. The van der Waals surface area contributed by atoms with Gasteiger partial charge in [0.05, 0.1) is 0 Å². The molecule has 29 heavy (non-hydrogen) atoms. The highest BCUT2D eigenvalue weighted by Crippen LogP contribution is 2.31. The van der Waals surface area contributed by atoms with Gasteiger partial charge in [0.1, 0.15) is 18.5 Å². The third kappa shape index (κ3) is 4.81. The second-order valence-electron chi connectivity index (χ2n) is 7.10. The van der Waals surface area contributed by atoms with Gasteiger partial charge in [-0.25, -0.2) is 0 Å². The van der Waals surface area contributed by atoms with Gasteiger partial charge in [0.2, 0.25) is 5.82 Å². The van der Waals surface area contributed by atoms with Crippen LogP contribution in [0.3, 0.4) is 0 Å². The number of aryl methyl sites for hydroxylation is 4. The smallest absolute Gasteiger partial charge is 0.258 e. The van der Waals surface area contributed by atoms with Crippen molar-refractivity contribution in [1.29, 1.82) is 0 Å². The highest BCUT2D eigenvalue weighted by molar-refractivity contribution is 5.64. The molecule has 2 heterocycles. The number of pyridine rings is 1. The fourth-order valence-electron chi connectivity index (χ4n) is 3.19. The van der Waals surface area contributed by atoms with Crippen molar-refractivity contribution in [3.8, 4) is 28.6 Å². The van der Waals surface area contributed by atoms with Gasteiger partial charge < -0.3 is 20.1 Å². The molecule has 0 saturated heterocycles. The number of aliphatic hydroxyl groups excluding tert-OH is 1. The van der Waals surface area contributed by atoms with E-state index < -0.39 is 6.10 Å². The lowest BCUT2D eigenvalue weighted by atomic mass is 10.0. The Balaban J connectivity index is 1.92. The fraction of sp³-hybridized carbons (Fsp3) is 0.409. The monoisotopic (exact) mass is 396 g/mol. The van der Waals surface area contributed by atoms with Gasteiger partial charge in [-0.3, -0.25) is 4.98 Å². The molecule has 0 unspecified atom stereocenters. The van der Waals surface area contributed by atoms with Crippen molar-refractivity contribution in [2.45, 2.75) is 46.6 Å². The lowest BCUT2D eigenvalue weighted by Crippen LogP contribution is -2.27. The summed E-state index contributed by atoms with van der Waals surface area (Å²) < 4.78 is 11.3. The summed E-state index contributed by atoms with van der Waals surface area (Å²) in [6, 6.07) is 7.89. The Kier molecular flexibility index (Phi) is 6.61. The van der Waals surface area contributed by atoms with Crippen LogP contribution in [0.15, 0.2) is 28.8 Å². The largest absolute Gasteiger partial charge is 0.490 e. The first kappa shape index (κ1) is 21.0. The summed E-state index contributed by atoms with van der Waals surface area (Å²) >= 11 is 0. The number of hydrogen-bond donors (Lipinski definition) is 2. The minimum atomic E-state index is -0.685. The minimum absolute atomic E-state index is 0.164. The van der Waals surface area contributed by atoms with Crippen LogP contribution >= 0.6 is 0 Å². The normalized spacial score (nSPS) is 12.2. The molecule has 0 spiro atoms. The number of nitrogens with two attached hydrogens (primary N) is 1. The van der Waals surface area contributed by atoms with Gasteiger partial charge in [-0.2, -0.15) is 4.98 Å². The summed E-state index contributed by atoms with van der Waals surface area (Å²) in [7, 11) is 0. The van der Waals surface area contributed by atoms with Gasteiger partial charge in [0, 0.05) is 29.1 Å². The molecule has 7 heteroatoms. The summed E-state index contributed by atoms with van der Waals surface area (Å²) in [5.41, 5.74) is 11.1. The highest BCUT2D eigenvalue weighted by atomic mass is 16.5. The van der Waals surface area contributed by atoms with Crippen LogP contribution in [0.4, 0.5) is 0 Å². The van der Waals surface area contributed by atoms with Crippen molar-refractivity contribution in [3.05, 3.63) is 46.8 Å². The SMILES string of the molecule is CCc1cc(-c2nc(-c3cc(C)c(OC[C@@H](O)CN)c(CC)c3)no2)cc(C)n1. The van der Waals surface area contributed by atoms with E-state index in [0.717, 1.165) is 52.2 Å². The standard InChI is InChI=1S/C22H28N4O3/c1-5-15-9-16(7-13(3)20(15)28-12-19(27)11-23)21-25-22(29-26-21)17-8-14(4)24-18(6-2)10-17/h7-10,19,27H,5-6,11-12,23H2,1-4H3/t19-/m0/s1. The Morgan fingerprint density at radius 2 is 1.86 bits per heavy atom. The van der Waals surface area contributed by atoms with Gasteiger partial charge in [0.15, 0.2) is 0 Å². The second kappa shape index (κ2) is 9.15. The van der Waals surface area contributed by atoms with E-state index in [1.807, 2.05) is 38.1 Å². The van der Waals surface area contributed by atoms with E-state index >= 15 is 0 Å². The van der Waals surface area contributed by atoms with Crippen LogP contribution in [-0.2, 0) is 12.8 Å². The highest BCUT2D eigenvalue weighted by Gasteiger charge is 2.16. The summed E-state index contributed by atoms with van der Waals surface area (Å²) in [6.07, 6.45) is 0.932. The zero-order valence-electron chi connectivity index (χ0n) is 17.4. The lowest BCUT2D eigenvalue weighted by molar-refractivity contribution is 0.113. The Bertz CT molecular complexity index is 984. The molecule has 0 bridgehead atoms. The van der Waals surface area contributed by atoms with Gasteiger partial charge in [-0.1, -0.05) is 19.0 Å². The molecule has 0 radical (unpaired) electrons. The molecule has 154 valence electrons. The van der Waals surface area contributed by atoms with Crippen molar-refractivity contribution in [2.75, 3.05) is 13.2 Å². The van der Waals surface area contributed by atoms with E-state index in [2.05, 4.69) is 29.0 Å². The van der Waals surface area contributed by atoms with E-state index in [9.17, 15) is 5.11 Å². The molecule has 1 aromatic carbocycles. The van der Waals surface area contributed by atoms with Crippen molar-refractivity contribution < 1.29 is 14.4 Å². The minimum Gasteiger partial charge on any atom is -0.490 e. The summed E-state index contributed by atoms with van der Waals surface area (Å²) in [4.78, 5) is 9.09. The number of ether oxygens (including phenoxy) is 1. The topological polar surface area (TPSA) is 107 Å². The van der Waals surface area contributed by atoms with E-state index in [4.69, 9.17) is 15.0 Å². The third-order valence-electron chi connectivity index (χ3n) is 4.72. The van der Waals surface area contributed by atoms with Crippen molar-refractivity contribution in [1.82, 2.24) is 15.1 Å². The molecule has 0 amide bonds. The molecule has 0 aliphatic heterocycles. The Hall–Kier alpha value is -2.77. The molecule has 3 rings (SSSR count). The van der Waals surface area contributed by atoms with Crippen molar-refractivity contribution >= 4 is 0 Å². The number of aliphatic hydroxyl groups is 1. The lowest BCUT2D eigenvalue weighted by Gasteiger charge is -2.16. The molecule has 7 nitrogen and oxygen atoms in total. The second-order valence-corrected chi connectivity index (χ2v) is 7.10. The average molecular weight is 396 g/mol. The maximum Gasteiger partial charge on any atom is 0.258 e. The summed E-state index contributed by atoms with van der Waals surface area (Å²) in [5, 5.41) is 13.9. The molecular formula is C22H28N4O3. The first-order valence-electron chi connectivity index (χ1n) is 9.91. The molecule has 3 aromatic rings. The molecule has 2 aromatic heterocycles. The first-order valence-corrected chi connectivity index (χ1v) is 9.91. The Morgan fingerprint density at radius 3 is 2.55 bits per heavy atom. The maximum atomic E-state index is 9.69. The van der Waals surface area contributed by atoms with E-state index in [-0.39, 0.29) is 13.2 Å². The van der Waals surface area contributed by atoms with Gasteiger partial charge >= 0.3 is 0 Å². The molecule has 0 aliphatic carbocycles. The predicted octanol–water partition coefficient (Wildman–Crippen LogP) is 3.24. The quantitative estimate of drug-likeness (QED) is 0.602. The van der Waals surface area contributed by atoms with E-state index in [1.54, 1.807) is 0 Å². The van der Waals surface area contributed by atoms with Crippen LogP contribution in [0.25, 0.3) is 22.8 Å². The van der Waals surface area contributed by atoms with E-state index in [0.29, 0.717) is 11.7 Å². The predicted molar refractivity (Wildman–Crippen MR) is 112 cm³/mol. The number of aromatic nitrogens is 3. The molecule has 0 aliphatic rings. The van der Waals surface area contributed by atoms with Crippen LogP contribution < -0.4 is 10.5 Å². The third-order valence-corrected chi connectivity index (χ3v) is 4.72. The summed E-state index contributed by atoms with van der Waals surface area (Å²) in [6.45, 7) is 8.37. The molecule has 3 N–H and O–H groups in total. The number of nitrogens with zero attached hydrogens (tertiary/aromatic N) is 3. The maximum absolute atomic E-state index is 9.69. The average Bonchev–Trinajstić information content (AvgIpc) is 3.21. The molecular weight excluding hydrogens is 368 g/mol. The van der Waals surface area contributed by atoms with Gasteiger partial charge in [-0.05, 0) is 62.1 Å². The van der Waals surface area contributed by atoms with Crippen LogP contribution in [0, 0.1) is 13.8 Å². The number of rotatable bonds is 8. The van der Waals surface area contributed by atoms with Crippen LogP contribution in [0.5, 0.6) is 5.75 Å². The van der Waals surface area contributed by atoms with Crippen LogP contribution in [0.2, 0.25) is 0 Å². The number of benzene rings is 1. The number of hydrogen-bond acceptors (Lipinski definition) is 7. The fourth-order valence-corrected chi connectivity index (χ4v) is 3.19. The first-order chi connectivity index (χ1) is 13.9. The van der Waals surface area contributed by atoms with Crippen molar-refractivity contribution in [3.63, 3.8) is 0 Å². The van der Waals surface area contributed by atoms with E-state index in [1.165, 1.54) is 0 Å². The van der Waals surface area contributed by atoms with Crippen LogP contribution in [-0.4, -0.2) is 39.5 Å². The summed E-state index contributed by atoms with van der Waals surface area (Å²) in [5.74, 6) is 1.77. The molecule has 0 saturated carbocycles. The zero-order valence-corrected chi connectivity index (χ0v) is 17.4. The Labute approximate surface area is 170 Å². The van der Waals surface area contributed by atoms with Gasteiger partial charge in [0.25, 0.3) is 5.89 Å². The molecule has 0 fully saturated rings. The van der Waals surface area contributed by atoms with Crippen LogP contribution in [0.1, 0.15) is 36.4 Å².